The summed E-state index contributed by atoms with van der Waals surface area (Å²) in [5, 5.41) is 10.0. The minimum Gasteiger partial charge on any atom is -0.475 e. The number of carbonyl (C=O) groups excluding carboxylic acids is 2. The zero-order valence-corrected chi connectivity index (χ0v) is 10.1. The molecule has 1 rings (SSSR count). The van der Waals surface area contributed by atoms with Gasteiger partial charge >= 0.3 is 18.1 Å². The Kier molecular flexibility index (Phi) is 7.05. The highest BCUT2D eigenvalue weighted by molar-refractivity contribution is 6.00. The van der Waals surface area contributed by atoms with E-state index in [9.17, 15) is 22.8 Å². The number of carbonyl (C=O) groups is 3. The van der Waals surface area contributed by atoms with Crippen molar-refractivity contribution in [3.8, 4) is 0 Å². The molecule has 1 heterocycles. The molecule has 1 aliphatic heterocycles. The highest BCUT2D eigenvalue weighted by Crippen LogP contribution is 2.13. The van der Waals surface area contributed by atoms with Crippen LogP contribution in [0.1, 0.15) is 13.3 Å². The smallest absolute Gasteiger partial charge is 0.475 e. The summed E-state index contributed by atoms with van der Waals surface area (Å²) in [7, 11) is 0. The van der Waals surface area contributed by atoms with Crippen LogP contribution in [0.3, 0.4) is 0 Å². The Morgan fingerprint density at radius 2 is 2.00 bits per heavy atom. The molecule has 1 saturated heterocycles. The fourth-order valence-corrected chi connectivity index (χ4v) is 1.23. The average molecular weight is 285 g/mol. The maximum absolute atomic E-state index is 11.1. The van der Waals surface area contributed by atoms with Crippen molar-refractivity contribution in [2.75, 3.05) is 19.7 Å². The number of esters is 1. The van der Waals surface area contributed by atoms with Crippen molar-refractivity contribution >= 4 is 17.7 Å². The molecule has 1 fully saturated rings. The molecule has 19 heavy (non-hydrogen) atoms. The summed E-state index contributed by atoms with van der Waals surface area (Å²) in [5.41, 5.74) is 0. The van der Waals surface area contributed by atoms with E-state index in [2.05, 4.69) is 5.32 Å². The van der Waals surface area contributed by atoms with E-state index in [0.717, 1.165) is 6.54 Å². The molecule has 0 aromatic carbocycles. The monoisotopic (exact) mass is 285 g/mol. The quantitative estimate of drug-likeness (QED) is 0.562. The molecular formula is C10H14F3NO5. The van der Waals surface area contributed by atoms with E-state index < -0.39 is 18.1 Å². The Morgan fingerprint density at radius 3 is 2.37 bits per heavy atom. The lowest BCUT2D eigenvalue weighted by Gasteiger charge is -2.19. The van der Waals surface area contributed by atoms with Gasteiger partial charge in [-0.1, -0.05) is 0 Å². The van der Waals surface area contributed by atoms with Gasteiger partial charge in [0.2, 0.25) is 0 Å². The molecule has 0 amide bonds. The molecule has 0 radical (unpaired) electrons. The topological polar surface area (TPSA) is 92.7 Å². The number of Topliss-reactive ketones (excluding diaryl/α,β-unsaturated/α-hetero) is 1. The van der Waals surface area contributed by atoms with Gasteiger partial charge in [0.05, 0.1) is 13.2 Å². The molecule has 0 aromatic heterocycles. The number of rotatable bonds is 2. The summed E-state index contributed by atoms with van der Waals surface area (Å²) in [5.74, 6) is -3.71. The summed E-state index contributed by atoms with van der Waals surface area (Å²) in [6.07, 6.45) is -4.52. The van der Waals surface area contributed by atoms with E-state index in [0.29, 0.717) is 19.6 Å². The van der Waals surface area contributed by atoms with Crippen LogP contribution >= 0.6 is 0 Å². The van der Waals surface area contributed by atoms with Crippen molar-refractivity contribution in [2.45, 2.75) is 19.5 Å². The number of hydrogen-bond acceptors (Lipinski definition) is 5. The second-order valence-corrected chi connectivity index (χ2v) is 3.54. The maximum Gasteiger partial charge on any atom is 0.490 e. The van der Waals surface area contributed by atoms with Gasteiger partial charge in [-0.25, -0.2) is 4.79 Å². The first-order valence-corrected chi connectivity index (χ1v) is 5.40. The summed E-state index contributed by atoms with van der Waals surface area (Å²) >= 11 is 0. The van der Waals surface area contributed by atoms with E-state index in [4.69, 9.17) is 14.6 Å². The fraction of sp³-hybridized carbons (Fsp3) is 0.700. The van der Waals surface area contributed by atoms with Crippen LogP contribution in [0.5, 0.6) is 0 Å². The average Bonchev–Trinajstić information content (AvgIpc) is 2.29. The number of aliphatic carboxylic acids is 1. The van der Waals surface area contributed by atoms with Crippen LogP contribution in [-0.4, -0.2) is 48.7 Å². The summed E-state index contributed by atoms with van der Waals surface area (Å²) < 4.78 is 36.5. The number of nitrogens with one attached hydrogen (secondary N) is 1. The van der Waals surface area contributed by atoms with Crippen molar-refractivity contribution < 1.29 is 37.4 Å². The molecular weight excluding hydrogens is 271 g/mol. The first-order valence-electron chi connectivity index (χ1n) is 5.40. The van der Waals surface area contributed by atoms with Crippen LogP contribution < -0.4 is 5.32 Å². The molecule has 110 valence electrons. The number of carboxylic acid groups (broad SMARTS) is 1. The van der Waals surface area contributed by atoms with Crippen molar-refractivity contribution in [1.82, 2.24) is 5.32 Å². The summed E-state index contributed by atoms with van der Waals surface area (Å²) in [6, 6.07) is 0. The number of halogens is 3. The third-order valence-corrected chi connectivity index (χ3v) is 2.11. The zero-order valence-electron chi connectivity index (χ0n) is 10.1. The van der Waals surface area contributed by atoms with Gasteiger partial charge in [0, 0.05) is 0 Å². The Labute approximate surface area is 106 Å². The lowest BCUT2D eigenvalue weighted by atomic mass is 9.97. The van der Waals surface area contributed by atoms with Crippen LogP contribution in [0.25, 0.3) is 0 Å². The number of ether oxygens (including phenoxy) is 1. The standard InChI is InChI=1S/C8H13NO3.C2HF3O2/c1-2-12-8(11)6-3-4-9-5-7(6)10;3-2(4,5)1(6)7/h6,9H,2-5H2,1H3;(H,6,7). The molecule has 1 aliphatic rings. The van der Waals surface area contributed by atoms with Gasteiger partial charge in [0.1, 0.15) is 5.92 Å². The molecule has 2 N–H and O–H groups in total. The maximum atomic E-state index is 11.1. The fourth-order valence-electron chi connectivity index (χ4n) is 1.23. The first kappa shape index (κ1) is 17.4. The molecule has 9 heteroatoms. The molecule has 0 aromatic rings. The predicted octanol–water partition coefficient (Wildman–Crippen LogP) is 0.361. The Hall–Kier alpha value is -1.64. The van der Waals surface area contributed by atoms with E-state index in [1.807, 2.05) is 0 Å². The lowest BCUT2D eigenvalue weighted by molar-refractivity contribution is -0.192. The molecule has 0 bridgehead atoms. The van der Waals surface area contributed by atoms with Crippen molar-refractivity contribution in [2.24, 2.45) is 5.92 Å². The van der Waals surface area contributed by atoms with Gasteiger partial charge in [-0.05, 0) is 19.9 Å². The molecule has 6 nitrogen and oxygen atoms in total. The number of piperidine rings is 1. The second-order valence-electron chi connectivity index (χ2n) is 3.54. The summed E-state index contributed by atoms with van der Waals surface area (Å²) in [6.45, 7) is 3.10. The van der Waals surface area contributed by atoms with Gasteiger partial charge in [0.25, 0.3) is 0 Å². The second kappa shape index (κ2) is 7.72. The Morgan fingerprint density at radius 1 is 1.47 bits per heavy atom. The number of ketones is 1. The molecule has 0 saturated carbocycles. The normalized spacial score (nSPS) is 19.2. The van der Waals surface area contributed by atoms with E-state index in [1.54, 1.807) is 6.92 Å². The van der Waals surface area contributed by atoms with Gasteiger partial charge in [-0.2, -0.15) is 13.2 Å². The van der Waals surface area contributed by atoms with E-state index >= 15 is 0 Å². The predicted molar refractivity (Wildman–Crippen MR) is 56.3 cm³/mol. The molecule has 0 spiro atoms. The van der Waals surface area contributed by atoms with Gasteiger partial charge in [-0.15, -0.1) is 0 Å². The summed E-state index contributed by atoms with van der Waals surface area (Å²) in [4.78, 5) is 31.2. The van der Waals surface area contributed by atoms with Crippen molar-refractivity contribution in [3.63, 3.8) is 0 Å². The van der Waals surface area contributed by atoms with Gasteiger partial charge in [-0.3, -0.25) is 9.59 Å². The van der Waals surface area contributed by atoms with E-state index in [1.165, 1.54) is 0 Å². The number of carboxylic acids is 1. The minimum atomic E-state index is -5.08. The highest BCUT2D eigenvalue weighted by atomic mass is 19.4. The molecule has 1 atom stereocenters. The van der Waals surface area contributed by atoms with Crippen LogP contribution in [0.15, 0.2) is 0 Å². The zero-order chi connectivity index (χ0) is 15.1. The Bertz CT molecular complexity index is 343. The largest absolute Gasteiger partial charge is 0.490 e. The van der Waals surface area contributed by atoms with Crippen LogP contribution in [0.2, 0.25) is 0 Å². The van der Waals surface area contributed by atoms with Crippen LogP contribution in [0.4, 0.5) is 13.2 Å². The van der Waals surface area contributed by atoms with E-state index in [-0.39, 0.29) is 11.8 Å². The van der Waals surface area contributed by atoms with Crippen molar-refractivity contribution in [3.05, 3.63) is 0 Å². The number of alkyl halides is 3. The SMILES string of the molecule is CCOC(=O)C1CCNCC1=O.O=C(O)C(F)(F)F. The van der Waals surface area contributed by atoms with Crippen LogP contribution in [-0.2, 0) is 19.1 Å². The van der Waals surface area contributed by atoms with Crippen molar-refractivity contribution in [1.29, 1.82) is 0 Å². The molecule has 0 aliphatic carbocycles. The minimum absolute atomic E-state index is 0.0558. The molecule has 1 unspecified atom stereocenters. The third-order valence-electron chi connectivity index (χ3n) is 2.11. The highest BCUT2D eigenvalue weighted by Gasteiger charge is 2.38. The third kappa shape index (κ3) is 6.75. The lowest BCUT2D eigenvalue weighted by Crippen LogP contribution is -2.41. The van der Waals surface area contributed by atoms with Gasteiger partial charge < -0.3 is 15.2 Å². The first-order chi connectivity index (χ1) is 8.70. The van der Waals surface area contributed by atoms with Crippen LogP contribution in [0, 0.1) is 5.92 Å². The van der Waals surface area contributed by atoms with Gasteiger partial charge in [0.15, 0.2) is 5.78 Å². The Balaban J connectivity index is 0.000000399. The number of hydrogen-bond donors (Lipinski definition) is 2.